The molecule has 2 heteroatoms. The van der Waals surface area contributed by atoms with E-state index in [1.807, 2.05) is 0 Å². The third-order valence-corrected chi connectivity index (χ3v) is 6.74. The van der Waals surface area contributed by atoms with E-state index in [-0.39, 0.29) is 0 Å². The number of para-hydroxylation sites is 2. The third-order valence-electron chi connectivity index (χ3n) is 6.74. The maximum atomic E-state index is 5.47. The molecule has 0 saturated carbocycles. The summed E-state index contributed by atoms with van der Waals surface area (Å²) in [7, 11) is 0. The maximum absolute atomic E-state index is 5.47. The summed E-state index contributed by atoms with van der Waals surface area (Å²) < 4.78 is 0. The molecule has 0 heterocycles. The Labute approximate surface area is 221 Å². The summed E-state index contributed by atoms with van der Waals surface area (Å²) in [5, 5.41) is 3.95. The van der Waals surface area contributed by atoms with Crippen LogP contribution in [-0.4, -0.2) is 5.71 Å². The molecular weight excluding hydrogens is 436 g/mol. The van der Waals surface area contributed by atoms with E-state index < -0.39 is 0 Å². The van der Waals surface area contributed by atoms with E-state index in [1.165, 1.54) is 51.5 Å². The van der Waals surface area contributed by atoms with Crippen LogP contribution in [0.15, 0.2) is 53.2 Å². The second kappa shape index (κ2) is 13.3. The maximum Gasteiger partial charge on any atom is 0.0697 e. The summed E-state index contributed by atoms with van der Waals surface area (Å²) in [5.74, 6) is 2.46. The number of nitrogens with one attached hydrogen (secondary N) is 1. The second-order valence-corrected chi connectivity index (χ2v) is 12.5. The second-order valence-electron chi connectivity index (χ2n) is 12.5. The van der Waals surface area contributed by atoms with Crippen molar-refractivity contribution in [1.82, 2.24) is 0 Å². The van der Waals surface area contributed by atoms with E-state index in [1.54, 1.807) is 0 Å². The highest BCUT2D eigenvalue weighted by Gasteiger charge is 2.19. The van der Waals surface area contributed by atoms with Gasteiger partial charge < -0.3 is 5.32 Å². The zero-order valence-corrected chi connectivity index (χ0v) is 24.2. The van der Waals surface area contributed by atoms with Gasteiger partial charge in [-0.1, -0.05) is 97.9 Å². The van der Waals surface area contributed by atoms with E-state index in [0.717, 1.165) is 38.5 Å². The van der Waals surface area contributed by atoms with E-state index in [2.05, 4.69) is 103 Å². The molecule has 1 aliphatic carbocycles. The van der Waals surface area contributed by atoms with Gasteiger partial charge in [-0.3, -0.25) is 4.99 Å². The van der Waals surface area contributed by atoms with Crippen LogP contribution in [0.25, 0.3) is 0 Å². The lowest BCUT2D eigenvalue weighted by Gasteiger charge is -2.24. The lowest BCUT2D eigenvalue weighted by molar-refractivity contribution is 0.636. The molecule has 196 valence electrons. The standard InChI is InChI=1S/C34H50N2/c1-23(2)19-27-13-11-14-28(20-24(3)4)33(27)35-31-17-9-10-18-32(31)36-34-29(21-25(5)6)15-12-16-30(34)22-26(7)8/h11-17,23-26,35H,9-10,18-22H2,1-8H3/b36-32+. The number of hydrogen-bond donors (Lipinski definition) is 1. The molecule has 0 bridgehead atoms. The molecule has 0 atom stereocenters. The Kier molecular flexibility index (Phi) is 10.4. The SMILES string of the molecule is CC(C)Cc1cccc(CC(C)C)c1/N=C1\CCCC=C1Nc1c(CC(C)C)cccc1CC(C)C. The summed E-state index contributed by atoms with van der Waals surface area (Å²) in [4.78, 5) is 5.47. The highest BCUT2D eigenvalue weighted by molar-refractivity contribution is 6.05. The normalized spacial score (nSPS) is 15.4. The Hall–Kier alpha value is -2.35. The fraction of sp³-hybridized carbons (Fsp3) is 0.559. The predicted molar refractivity (Wildman–Crippen MR) is 160 cm³/mol. The van der Waals surface area contributed by atoms with Crippen molar-refractivity contribution in [3.63, 3.8) is 0 Å². The predicted octanol–water partition coefficient (Wildman–Crippen LogP) is 9.73. The minimum atomic E-state index is 0.610. The van der Waals surface area contributed by atoms with Crippen LogP contribution < -0.4 is 5.32 Å². The lowest BCUT2D eigenvalue weighted by Crippen LogP contribution is -2.18. The van der Waals surface area contributed by atoms with Crippen molar-refractivity contribution >= 4 is 17.1 Å². The fourth-order valence-electron chi connectivity index (χ4n) is 5.31. The zero-order valence-electron chi connectivity index (χ0n) is 24.2. The van der Waals surface area contributed by atoms with Gasteiger partial charge in [0.05, 0.1) is 17.1 Å². The molecule has 0 unspecified atom stereocenters. The number of anilines is 1. The first-order valence-corrected chi connectivity index (χ1v) is 14.4. The number of aliphatic imine (C=N–C) groups is 1. The van der Waals surface area contributed by atoms with Gasteiger partial charge in [-0.25, -0.2) is 0 Å². The smallest absolute Gasteiger partial charge is 0.0697 e. The number of allylic oxidation sites excluding steroid dienone is 2. The molecule has 2 nitrogen and oxygen atoms in total. The Balaban J connectivity index is 2.06. The van der Waals surface area contributed by atoms with Crippen LogP contribution in [0.3, 0.4) is 0 Å². The summed E-state index contributed by atoms with van der Waals surface area (Å²) in [5.41, 5.74) is 10.6. The van der Waals surface area contributed by atoms with Crippen molar-refractivity contribution in [2.75, 3.05) is 5.32 Å². The average molecular weight is 487 g/mol. The van der Waals surface area contributed by atoms with Crippen LogP contribution in [0.4, 0.5) is 11.4 Å². The summed E-state index contributed by atoms with van der Waals surface area (Å²) >= 11 is 0. The van der Waals surface area contributed by atoms with E-state index in [4.69, 9.17) is 4.99 Å². The first-order chi connectivity index (χ1) is 17.1. The molecule has 0 aliphatic heterocycles. The van der Waals surface area contributed by atoms with Crippen molar-refractivity contribution in [2.24, 2.45) is 28.7 Å². The molecule has 0 radical (unpaired) electrons. The minimum Gasteiger partial charge on any atom is -0.354 e. The lowest BCUT2D eigenvalue weighted by atomic mass is 9.92. The molecule has 0 saturated heterocycles. The van der Waals surface area contributed by atoms with Crippen LogP contribution in [0.2, 0.25) is 0 Å². The topological polar surface area (TPSA) is 24.4 Å². The third kappa shape index (κ3) is 8.08. The molecule has 0 fully saturated rings. The summed E-state index contributed by atoms with van der Waals surface area (Å²) in [6, 6.07) is 13.7. The van der Waals surface area contributed by atoms with Crippen molar-refractivity contribution in [2.45, 2.75) is 100 Å². The van der Waals surface area contributed by atoms with Crippen LogP contribution in [-0.2, 0) is 25.7 Å². The van der Waals surface area contributed by atoms with E-state index >= 15 is 0 Å². The molecule has 2 aromatic rings. The Bertz CT molecular complexity index is 996. The van der Waals surface area contributed by atoms with Gasteiger partial charge in [0.25, 0.3) is 0 Å². The Morgan fingerprint density at radius 2 is 1.11 bits per heavy atom. The van der Waals surface area contributed by atoms with Gasteiger partial charge in [-0.2, -0.15) is 0 Å². The van der Waals surface area contributed by atoms with Crippen molar-refractivity contribution in [1.29, 1.82) is 0 Å². The molecule has 3 rings (SSSR count). The van der Waals surface area contributed by atoms with E-state index in [0.29, 0.717) is 23.7 Å². The molecule has 1 aliphatic rings. The van der Waals surface area contributed by atoms with Crippen LogP contribution in [0.5, 0.6) is 0 Å². The first kappa shape index (κ1) is 28.2. The number of hydrogen-bond acceptors (Lipinski definition) is 2. The summed E-state index contributed by atoms with van der Waals surface area (Å²) in [6.07, 6.45) is 10.0. The monoisotopic (exact) mass is 486 g/mol. The van der Waals surface area contributed by atoms with Gasteiger partial charge >= 0.3 is 0 Å². The van der Waals surface area contributed by atoms with Gasteiger partial charge in [-0.15, -0.1) is 0 Å². The molecule has 36 heavy (non-hydrogen) atoms. The average Bonchev–Trinajstić information content (AvgIpc) is 2.77. The Morgan fingerprint density at radius 1 is 0.667 bits per heavy atom. The van der Waals surface area contributed by atoms with E-state index in [9.17, 15) is 0 Å². The van der Waals surface area contributed by atoms with Crippen molar-refractivity contribution in [3.8, 4) is 0 Å². The zero-order chi connectivity index (χ0) is 26.2. The Morgan fingerprint density at radius 3 is 1.58 bits per heavy atom. The van der Waals surface area contributed by atoms with Gasteiger partial charge in [0.1, 0.15) is 0 Å². The fourth-order valence-corrected chi connectivity index (χ4v) is 5.31. The molecular formula is C34H50N2. The number of rotatable bonds is 11. The molecule has 0 aromatic heterocycles. The molecule has 2 aromatic carbocycles. The molecule has 0 spiro atoms. The van der Waals surface area contributed by atoms with Crippen molar-refractivity contribution < 1.29 is 0 Å². The van der Waals surface area contributed by atoms with Gasteiger partial charge in [-0.05, 0) is 90.9 Å². The minimum absolute atomic E-state index is 0.610. The highest BCUT2D eigenvalue weighted by atomic mass is 14.9. The molecule has 1 N–H and O–H groups in total. The van der Waals surface area contributed by atoms with Crippen LogP contribution in [0.1, 0.15) is 96.9 Å². The van der Waals surface area contributed by atoms with Gasteiger partial charge in [0, 0.05) is 5.69 Å². The van der Waals surface area contributed by atoms with Gasteiger partial charge in [0.15, 0.2) is 0 Å². The number of nitrogens with zero attached hydrogens (tertiary/aromatic N) is 1. The highest BCUT2D eigenvalue weighted by Crippen LogP contribution is 2.33. The van der Waals surface area contributed by atoms with Crippen LogP contribution >= 0.6 is 0 Å². The summed E-state index contributed by atoms with van der Waals surface area (Å²) in [6.45, 7) is 18.5. The quantitative estimate of drug-likeness (QED) is 0.336. The first-order valence-electron chi connectivity index (χ1n) is 14.4. The number of benzene rings is 2. The van der Waals surface area contributed by atoms with Crippen molar-refractivity contribution in [3.05, 3.63) is 70.4 Å². The largest absolute Gasteiger partial charge is 0.354 e. The van der Waals surface area contributed by atoms with Crippen LogP contribution in [0, 0.1) is 23.7 Å². The van der Waals surface area contributed by atoms with Gasteiger partial charge in [0.2, 0.25) is 0 Å². The molecule has 0 amide bonds.